The van der Waals surface area contributed by atoms with Crippen molar-refractivity contribution in [3.8, 4) is 0 Å². The van der Waals surface area contributed by atoms with Crippen molar-refractivity contribution in [1.82, 2.24) is 9.55 Å². The number of thiazole rings is 1. The summed E-state index contributed by atoms with van der Waals surface area (Å²) in [5.74, 6) is -0.177. The minimum Gasteiger partial charge on any atom is -0.378 e. The van der Waals surface area contributed by atoms with Crippen molar-refractivity contribution in [3.63, 3.8) is 0 Å². The molecule has 0 radical (unpaired) electrons. The van der Waals surface area contributed by atoms with Crippen molar-refractivity contribution in [2.45, 2.75) is 13.0 Å². The van der Waals surface area contributed by atoms with Crippen molar-refractivity contribution in [2.75, 3.05) is 42.6 Å². The Bertz CT molecular complexity index is 1260. The van der Waals surface area contributed by atoms with Gasteiger partial charge >= 0.3 is 0 Å². The summed E-state index contributed by atoms with van der Waals surface area (Å²) in [6.45, 7) is 5.15. The van der Waals surface area contributed by atoms with Crippen molar-refractivity contribution in [2.24, 2.45) is 7.05 Å². The van der Waals surface area contributed by atoms with Crippen LogP contribution in [0.3, 0.4) is 0 Å². The average molecular weight is 423 g/mol. The lowest BCUT2D eigenvalue weighted by Crippen LogP contribution is -2.36. The molecule has 2 aliphatic heterocycles. The second-order valence-corrected chi connectivity index (χ2v) is 9.07. The number of nitrogens with zero attached hydrogens (tertiary/aromatic N) is 4. The molecule has 1 saturated heterocycles. The largest absolute Gasteiger partial charge is 0.378 e. The average Bonchev–Trinajstić information content (AvgIpc) is 3.33. The van der Waals surface area contributed by atoms with Gasteiger partial charge < -0.3 is 19.1 Å². The normalized spacial score (nSPS) is 17.1. The maximum absolute atomic E-state index is 13.8. The standard InChI is InChI=1S/C23H23FN4OS/c1-26-20-12-15(24)2-4-17(20)18-6-7-28(14-21(18)26)16-3-5-19-22(13-16)30-23(25-19)27-8-10-29-11-9-27/h2-5,12-13H,6-11,14H2,1H3. The summed E-state index contributed by atoms with van der Waals surface area (Å²) >= 11 is 1.76. The van der Waals surface area contributed by atoms with Gasteiger partial charge in [0.15, 0.2) is 5.13 Å². The van der Waals surface area contributed by atoms with E-state index in [2.05, 4.69) is 32.6 Å². The molecule has 2 aromatic carbocycles. The van der Waals surface area contributed by atoms with Crippen molar-refractivity contribution >= 4 is 43.3 Å². The maximum atomic E-state index is 13.8. The summed E-state index contributed by atoms with van der Waals surface area (Å²) < 4.78 is 22.6. The van der Waals surface area contributed by atoms with Crippen LogP contribution in [-0.2, 0) is 24.8 Å². The van der Waals surface area contributed by atoms with E-state index in [4.69, 9.17) is 9.72 Å². The summed E-state index contributed by atoms with van der Waals surface area (Å²) in [5.41, 5.74) is 5.90. The Hall–Kier alpha value is -2.64. The minimum absolute atomic E-state index is 0.177. The first-order valence-corrected chi connectivity index (χ1v) is 11.2. The first kappa shape index (κ1) is 18.2. The SMILES string of the molecule is Cn1c2c(c3ccc(F)cc31)CCN(c1ccc3nc(N4CCOCC4)sc3c1)C2. The maximum Gasteiger partial charge on any atom is 0.186 e. The molecule has 0 atom stereocenters. The third kappa shape index (κ3) is 2.87. The molecular weight excluding hydrogens is 399 g/mol. The zero-order valence-corrected chi connectivity index (χ0v) is 17.7. The quantitative estimate of drug-likeness (QED) is 0.482. The van der Waals surface area contributed by atoms with E-state index in [0.717, 1.165) is 62.0 Å². The second kappa shape index (κ2) is 6.96. The van der Waals surface area contributed by atoms with Gasteiger partial charge in [0.2, 0.25) is 0 Å². The van der Waals surface area contributed by atoms with E-state index >= 15 is 0 Å². The molecule has 0 bridgehead atoms. The Morgan fingerprint density at radius 3 is 2.77 bits per heavy atom. The molecule has 0 unspecified atom stereocenters. The molecule has 5 nitrogen and oxygen atoms in total. The molecule has 7 heteroatoms. The highest BCUT2D eigenvalue weighted by Gasteiger charge is 2.24. The first-order valence-electron chi connectivity index (χ1n) is 10.4. The summed E-state index contributed by atoms with van der Waals surface area (Å²) in [5, 5.41) is 2.27. The number of hydrogen-bond acceptors (Lipinski definition) is 5. The Morgan fingerprint density at radius 1 is 1.03 bits per heavy atom. The highest BCUT2D eigenvalue weighted by molar-refractivity contribution is 7.22. The van der Waals surface area contributed by atoms with Gasteiger partial charge in [-0.2, -0.15) is 0 Å². The van der Waals surface area contributed by atoms with Crippen LogP contribution in [-0.4, -0.2) is 42.4 Å². The van der Waals surface area contributed by atoms with E-state index in [1.807, 2.05) is 13.1 Å². The van der Waals surface area contributed by atoms with E-state index in [1.165, 1.54) is 27.0 Å². The number of ether oxygens (including phenoxy) is 1. The van der Waals surface area contributed by atoms with E-state index in [9.17, 15) is 4.39 Å². The summed E-state index contributed by atoms with van der Waals surface area (Å²) in [4.78, 5) is 9.58. The molecule has 1 fully saturated rings. The number of anilines is 2. The Kier molecular flexibility index (Phi) is 4.21. The molecule has 2 aromatic heterocycles. The highest BCUT2D eigenvalue weighted by Crippen LogP contribution is 2.35. The summed E-state index contributed by atoms with van der Waals surface area (Å²) in [6, 6.07) is 11.7. The van der Waals surface area contributed by atoms with E-state index in [0.29, 0.717) is 0 Å². The van der Waals surface area contributed by atoms with Crippen LogP contribution in [0.2, 0.25) is 0 Å². The van der Waals surface area contributed by atoms with Crippen LogP contribution in [0, 0.1) is 5.82 Å². The van der Waals surface area contributed by atoms with E-state index in [1.54, 1.807) is 23.5 Å². The minimum atomic E-state index is -0.177. The van der Waals surface area contributed by atoms with E-state index in [-0.39, 0.29) is 5.82 Å². The van der Waals surface area contributed by atoms with Crippen LogP contribution in [0.15, 0.2) is 36.4 Å². The monoisotopic (exact) mass is 422 g/mol. The lowest BCUT2D eigenvalue weighted by molar-refractivity contribution is 0.122. The third-order valence-electron chi connectivity index (χ3n) is 6.38. The van der Waals surface area contributed by atoms with Crippen LogP contribution in [0.5, 0.6) is 0 Å². The number of aryl methyl sites for hydroxylation is 1. The molecule has 6 rings (SSSR count). The molecule has 0 aliphatic carbocycles. The fraction of sp³-hybridized carbons (Fsp3) is 0.348. The Morgan fingerprint density at radius 2 is 1.90 bits per heavy atom. The Labute approximate surface area is 178 Å². The van der Waals surface area contributed by atoms with Gasteiger partial charge in [-0.1, -0.05) is 11.3 Å². The van der Waals surface area contributed by atoms with Gasteiger partial charge in [-0.3, -0.25) is 0 Å². The molecular formula is C23H23FN4OS. The Balaban J connectivity index is 1.33. The van der Waals surface area contributed by atoms with Crippen LogP contribution >= 0.6 is 11.3 Å². The zero-order chi connectivity index (χ0) is 20.2. The van der Waals surface area contributed by atoms with Crippen molar-refractivity contribution in [3.05, 3.63) is 53.5 Å². The molecule has 4 heterocycles. The molecule has 0 amide bonds. The van der Waals surface area contributed by atoms with Gasteiger partial charge in [0.05, 0.1) is 35.5 Å². The predicted molar refractivity (Wildman–Crippen MR) is 120 cm³/mol. The van der Waals surface area contributed by atoms with E-state index < -0.39 is 0 Å². The summed E-state index contributed by atoms with van der Waals surface area (Å²) in [7, 11) is 2.05. The first-order chi connectivity index (χ1) is 14.7. The van der Waals surface area contributed by atoms with Crippen molar-refractivity contribution < 1.29 is 9.13 Å². The molecule has 154 valence electrons. The molecule has 4 aromatic rings. The van der Waals surface area contributed by atoms with Gasteiger partial charge in [-0.05, 0) is 48.4 Å². The lowest BCUT2D eigenvalue weighted by Gasteiger charge is -2.30. The summed E-state index contributed by atoms with van der Waals surface area (Å²) in [6.07, 6.45) is 0.970. The van der Waals surface area contributed by atoms with Gasteiger partial charge in [-0.15, -0.1) is 0 Å². The van der Waals surface area contributed by atoms with Gasteiger partial charge in [0, 0.05) is 43.4 Å². The lowest BCUT2D eigenvalue weighted by atomic mass is 10.0. The van der Waals surface area contributed by atoms with Gasteiger partial charge in [0.25, 0.3) is 0 Å². The predicted octanol–water partition coefficient (Wildman–Crippen LogP) is 4.33. The van der Waals surface area contributed by atoms with Gasteiger partial charge in [0.1, 0.15) is 5.82 Å². The number of halogens is 1. The number of morpholine rings is 1. The molecule has 0 spiro atoms. The molecule has 2 aliphatic rings. The van der Waals surface area contributed by atoms with Gasteiger partial charge in [-0.25, -0.2) is 9.37 Å². The number of rotatable bonds is 2. The fourth-order valence-electron chi connectivity index (χ4n) is 4.74. The van der Waals surface area contributed by atoms with Crippen LogP contribution < -0.4 is 9.80 Å². The van der Waals surface area contributed by atoms with Crippen LogP contribution in [0.4, 0.5) is 15.2 Å². The highest BCUT2D eigenvalue weighted by atomic mass is 32.1. The van der Waals surface area contributed by atoms with Crippen molar-refractivity contribution in [1.29, 1.82) is 0 Å². The number of aromatic nitrogens is 2. The fourth-order valence-corrected chi connectivity index (χ4v) is 5.79. The smallest absolute Gasteiger partial charge is 0.186 e. The number of benzene rings is 2. The topological polar surface area (TPSA) is 33.5 Å². The molecule has 30 heavy (non-hydrogen) atoms. The molecule has 0 saturated carbocycles. The van der Waals surface area contributed by atoms with Crippen LogP contribution in [0.25, 0.3) is 21.1 Å². The number of hydrogen-bond donors (Lipinski definition) is 0. The second-order valence-electron chi connectivity index (χ2n) is 8.07. The van der Waals surface area contributed by atoms with Crippen LogP contribution in [0.1, 0.15) is 11.3 Å². The molecule has 0 N–H and O–H groups in total. The number of fused-ring (bicyclic) bond motifs is 4. The zero-order valence-electron chi connectivity index (χ0n) is 16.9. The third-order valence-corrected chi connectivity index (χ3v) is 7.46.